The topological polar surface area (TPSA) is 27.0 Å². The quantitative estimate of drug-likeness (QED) is 0.718. The molecule has 0 spiro atoms. The van der Waals surface area contributed by atoms with Crippen LogP contribution in [-0.2, 0) is 0 Å². The average Bonchev–Trinajstić information content (AvgIpc) is 2.56. The summed E-state index contributed by atoms with van der Waals surface area (Å²) in [5.41, 5.74) is 3.88. The van der Waals surface area contributed by atoms with Crippen molar-refractivity contribution in [3.63, 3.8) is 0 Å². The summed E-state index contributed by atoms with van der Waals surface area (Å²) in [7, 11) is 0. The van der Waals surface area contributed by atoms with Crippen molar-refractivity contribution in [1.82, 2.24) is 0 Å². The van der Waals surface area contributed by atoms with E-state index in [1.54, 1.807) is 0 Å². The first kappa shape index (κ1) is 14.6. The van der Waals surface area contributed by atoms with Gasteiger partial charge in [0.1, 0.15) is 0 Å². The van der Waals surface area contributed by atoms with Crippen LogP contribution >= 0.6 is 0 Å². The Bertz CT molecular complexity index is 674. The van der Waals surface area contributed by atoms with Gasteiger partial charge in [-0.1, -0.05) is 30.4 Å². The third-order valence-electron chi connectivity index (χ3n) is 3.16. The first-order chi connectivity index (χ1) is 10.3. The molecule has 104 valence electrons. The maximum Gasteiger partial charge on any atom is 0.0991 e. The van der Waals surface area contributed by atoms with Crippen LogP contribution in [0.3, 0.4) is 0 Å². The molecule has 0 aliphatic rings. The first-order valence-electron chi connectivity index (χ1n) is 6.94. The van der Waals surface area contributed by atoms with E-state index in [0.717, 1.165) is 17.1 Å². The van der Waals surface area contributed by atoms with Crippen LogP contribution in [0.5, 0.6) is 0 Å². The van der Waals surface area contributed by atoms with Crippen molar-refractivity contribution in [2.24, 2.45) is 0 Å². The van der Waals surface area contributed by atoms with E-state index in [2.05, 4.69) is 35.3 Å². The van der Waals surface area contributed by atoms with Crippen LogP contribution in [0.4, 0.5) is 11.4 Å². The number of anilines is 2. The Hall–Kier alpha value is -2.79. The molecule has 2 nitrogen and oxygen atoms in total. The van der Waals surface area contributed by atoms with Gasteiger partial charge in [-0.25, -0.2) is 0 Å². The second-order valence-corrected chi connectivity index (χ2v) is 4.54. The molecular weight excluding hydrogens is 256 g/mol. The van der Waals surface area contributed by atoms with Gasteiger partial charge in [0, 0.05) is 17.1 Å². The number of allylic oxidation sites excluding steroid dienone is 3. The van der Waals surface area contributed by atoms with E-state index in [4.69, 9.17) is 5.26 Å². The molecule has 0 aliphatic carbocycles. The van der Waals surface area contributed by atoms with Crippen LogP contribution < -0.4 is 4.90 Å². The van der Waals surface area contributed by atoms with Gasteiger partial charge >= 0.3 is 0 Å². The highest BCUT2D eigenvalue weighted by molar-refractivity contribution is 5.70. The molecule has 0 saturated heterocycles. The molecule has 2 aromatic carbocycles. The van der Waals surface area contributed by atoms with Crippen molar-refractivity contribution in [2.45, 2.75) is 13.8 Å². The van der Waals surface area contributed by atoms with E-state index in [1.165, 1.54) is 0 Å². The molecule has 2 heteroatoms. The van der Waals surface area contributed by atoms with Gasteiger partial charge in [-0.15, -0.1) is 0 Å². The summed E-state index contributed by atoms with van der Waals surface area (Å²) in [5.74, 6) is 0. The second-order valence-electron chi connectivity index (χ2n) is 4.54. The van der Waals surface area contributed by atoms with Crippen molar-refractivity contribution in [1.29, 1.82) is 5.26 Å². The zero-order valence-corrected chi connectivity index (χ0v) is 12.3. The van der Waals surface area contributed by atoms with Crippen molar-refractivity contribution in [3.8, 4) is 6.07 Å². The molecule has 0 radical (unpaired) electrons. The van der Waals surface area contributed by atoms with Crippen molar-refractivity contribution in [2.75, 3.05) is 4.90 Å². The fraction of sp³-hybridized carbons (Fsp3) is 0.105. The summed E-state index contributed by atoms with van der Waals surface area (Å²) in [5, 5.41) is 8.94. The molecule has 0 aromatic heterocycles. The van der Waals surface area contributed by atoms with Crippen LogP contribution in [0.15, 0.2) is 78.5 Å². The minimum atomic E-state index is 0.667. The molecule has 21 heavy (non-hydrogen) atoms. The van der Waals surface area contributed by atoms with Gasteiger partial charge in [0.2, 0.25) is 0 Å². The number of nitrogens with zero attached hydrogens (tertiary/aromatic N) is 2. The lowest BCUT2D eigenvalue weighted by molar-refractivity contribution is 1.20. The summed E-state index contributed by atoms with van der Waals surface area (Å²) in [6, 6.07) is 20.0. The molecule has 2 aromatic rings. The molecule has 0 heterocycles. The van der Waals surface area contributed by atoms with E-state index in [0.29, 0.717) is 5.56 Å². The van der Waals surface area contributed by atoms with E-state index in [9.17, 15) is 0 Å². The number of nitriles is 1. The zero-order valence-electron chi connectivity index (χ0n) is 12.3. The minimum Gasteiger partial charge on any atom is -0.311 e. The molecule has 0 atom stereocenters. The van der Waals surface area contributed by atoms with Gasteiger partial charge in [0.25, 0.3) is 0 Å². The van der Waals surface area contributed by atoms with Crippen LogP contribution in [-0.4, -0.2) is 0 Å². The second kappa shape index (κ2) is 7.12. The van der Waals surface area contributed by atoms with Crippen LogP contribution in [0, 0.1) is 11.3 Å². The van der Waals surface area contributed by atoms with Crippen LogP contribution in [0.2, 0.25) is 0 Å². The Balaban J connectivity index is 2.52. The number of hydrogen-bond donors (Lipinski definition) is 0. The monoisotopic (exact) mass is 274 g/mol. The Kier molecular flexibility index (Phi) is 4.95. The highest BCUT2D eigenvalue weighted by Gasteiger charge is 2.11. The first-order valence-corrected chi connectivity index (χ1v) is 6.94. The number of rotatable bonds is 4. The lowest BCUT2D eigenvalue weighted by Crippen LogP contribution is -2.14. The van der Waals surface area contributed by atoms with E-state index in [1.807, 2.05) is 62.4 Å². The molecule has 0 bridgehead atoms. The third-order valence-corrected chi connectivity index (χ3v) is 3.16. The maximum absolute atomic E-state index is 8.94. The van der Waals surface area contributed by atoms with Gasteiger partial charge in [-0.2, -0.15) is 5.26 Å². The fourth-order valence-corrected chi connectivity index (χ4v) is 2.18. The average molecular weight is 274 g/mol. The third kappa shape index (κ3) is 3.40. The molecular formula is C19H18N2. The SMILES string of the molecule is C/C=C\C(=C/C)N(c1ccccc1)c1ccc(C#N)cc1. The van der Waals surface area contributed by atoms with E-state index >= 15 is 0 Å². The molecule has 2 rings (SSSR count). The van der Waals surface area contributed by atoms with Crippen LogP contribution in [0.1, 0.15) is 19.4 Å². The largest absolute Gasteiger partial charge is 0.311 e. The van der Waals surface area contributed by atoms with Gasteiger partial charge in [0.05, 0.1) is 11.6 Å². The Morgan fingerprint density at radius 2 is 1.57 bits per heavy atom. The number of para-hydroxylation sites is 1. The van der Waals surface area contributed by atoms with Crippen molar-refractivity contribution < 1.29 is 0 Å². The van der Waals surface area contributed by atoms with Gasteiger partial charge < -0.3 is 4.90 Å². The Labute approximate surface area is 126 Å². The van der Waals surface area contributed by atoms with E-state index < -0.39 is 0 Å². The summed E-state index contributed by atoms with van der Waals surface area (Å²) in [6.45, 7) is 4.03. The summed E-state index contributed by atoms with van der Waals surface area (Å²) >= 11 is 0. The molecule has 0 unspecified atom stereocenters. The molecule has 0 amide bonds. The van der Waals surface area contributed by atoms with Crippen molar-refractivity contribution >= 4 is 11.4 Å². The standard InChI is InChI=1S/C19H18N2/c1-3-8-17(4-2)21(18-9-6-5-7-10-18)19-13-11-16(15-20)12-14-19/h3-14H,1-2H3/b8-3-,17-4+. The summed E-state index contributed by atoms with van der Waals surface area (Å²) < 4.78 is 0. The highest BCUT2D eigenvalue weighted by Crippen LogP contribution is 2.30. The number of benzene rings is 2. The van der Waals surface area contributed by atoms with Gasteiger partial charge in [-0.3, -0.25) is 0 Å². The Morgan fingerprint density at radius 3 is 2.10 bits per heavy atom. The van der Waals surface area contributed by atoms with Gasteiger partial charge in [-0.05, 0) is 56.3 Å². The molecule has 0 N–H and O–H groups in total. The van der Waals surface area contributed by atoms with Crippen molar-refractivity contribution in [3.05, 3.63) is 84.1 Å². The maximum atomic E-state index is 8.94. The smallest absolute Gasteiger partial charge is 0.0991 e. The highest BCUT2D eigenvalue weighted by atomic mass is 15.1. The molecule has 0 fully saturated rings. The number of hydrogen-bond acceptors (Lipinski definition) is 2. The fourth-order valence-electron chi connectivity index (χ4n) is 2.18. The van der Waals surface area contributed by atoms with E-state index in [-0.39, 0.29) is 0 Å². The van der Waals surface area contributed by atoms with Crippen LogP contribution in [0.25, 0.3) is 0 Å². The zero-order chi connectivity index (χ0) is 15.1. The predicted molar refractivity (Wildman–Crippen MR) is 88.3 cm³/mol. The lowest BCUT2D eigenvalue weighted by atomic mass is 10.1. The normalized spacial score (nSPS) is 11.4. The summed E-state index contributed by atoms with van der Waals surface area (Å²) in [6.07, 6.45) is 6.17. The van der Waals surface area contributed by atoms with Gasteiger partial charge in [0.15, 0.2) is 0 Å². The lowest BCUT2D eigenvalue weighted by Gasteiger charge is -2.26. The predicted octanol–water partition coefficient (Wildman–Crippen LogP) is 5.18. The Morgan fingerprint density at radius 1 is 0.952 bits per heavy atom. The minimum absolute atomic E-state index is 0.667. The molecule has 0 saturated carbocycles. The molecule has 0 aliphatic heterocycles. The summed E-state index contributed by atoms with van der Waals surface area (Å²) in [4.78, 5) is 2.17.